The largest absolute Gasteiger partial charge is 0.381 e. The summed E-state index contributed by atoms with van der Waals surface area (Å²) in [4.78, 5) is 2.15. The number of hydrogen-bond acceptors (Lipinski definition) is 5. The summed E-state index contributed by atoms with van der Waals surface area (Å²) in [6.07, 6.45) is 2.34. The smallest absolute Gasteiger partial charge is 0.246 e. The van der Waals surface area contributed by atoms with Gasteiger partial charge in [0.25, 0.3) is 0 Å². The number of nitrogen functional groups attached to an aromatic ring is 1. The number of nitrogens with two attached hydrogens (primary N) is 1. The molecule has 2 aromatic rings. The first-order chi connectivity index (χ1) is 9.42. The minimum absolute atomic E-state index is 0.0355. The van der Waals surface area contributed by atoms with Crippen LogP contribution in [0.15, 0.2) is 23.2 Å². The van der Waals surface area contributed by atoms with Crippen LogP contribution in [0.2, 0.25) is 0 Å². The number of thiophene rings is 1. The molecule has 6 nitrogen and oxygen atoms in total. The van der Waals surface area contributed by atoms with E-state index in [1.807, 2.05) is 26.0 Å². The SMILES string of the molecule is CCCn1cc(S(=O)(=O)NCc2ccc(C)s2)c(N)n1. The molecule has 3 N–H and O–H groups in total. The molecule has 110 valence electrons. The van der Waals surface area contributed by atoms with Gasteiger partial charge in [0, 0.05) is 29.0 Å². The van der Waals surface area contributed by atoms with E-state index in [2.05, 4.69) is 9.82 Å². The van der Waals surface area contributed by atoms with E-state index in [4.69, 9.17) is 5.73 Å². The van der Waals surface area contributed by atoms with E-state index in [9.17, 15) is 8.42 Å². The summed E-state index contributed by atoms with van der Waals surface area (Å²) in [5, 5.41) is 4.00. The first-order valence-electron chi connectivity index (χ1n) is 6.30. The number of hydrogen-bond donors (Lipinski definition) is 2. The number of anilines is 1. The van der Waals surface area contributed by atoms with Crippen LogP contribution >= 0.6 is 11.3 Å². The summed E-state index contributed by atoms with van der Waals surface area (Å²) in [6, 6.07) is 3.87. The van der Waals surface area contributed by atoms with Crippen LogP contribution in [0.1, 0.15) is 23.1 Å². The Hall–Kier alpha value is -1.38. The normalized spacial score (nSPS) is 11.9. The van der Waals surface area contributed by atoms with Crippen LogP contribution in [0.3, 0.4) is 0 Å². The summed E-state index contributed by atoms with van der Waals surface area (Å²) in [6.45, 7) is 4.88. The lowest BCUT2D eigenvalue weighted by molar-refractivity contribution is 0.579. The fourth-order valence-electron chi connectivity index (χ4n) is 1.79. The van der Waals surface area contributed by atoms with Gasteiger partial charge in [0.1, 0.15) is 4.90 Å². The summed E-state index contributed by atoms with van der Waals surface area (Å²) in [5.41, 5.74) is 5.68. The maximum absolute atomic E-state index is 12.2. The minimum atomic E-state index is -3.63. The average Bonchev–Trinajstić information content (AvgIpc) is 2.94. The minimum Gasteiger partial charge on any atom is -0.381 e. The van der Waals surface area contributed by atoms with Gasteiger partial charge < -0.3 is 5.73 Å². The molecule has 8 heteroatoms. The molecule has 0 bridgehead atoms. The van der Waals surface area contributed by atoms with Crippen molar-refractivity contribution in [2.75, 3.05) is 5.73 Å². The second-order valence-corrected chi connectivity index (χ2v) is 7.59. The van der Waals surface area contributed by atoms with Crippen molar-refractivity contribution in [3.05, 3.63) is 28.1 Å². The van der Waals surface area contributed by atoms with Gasteiger partial charge in [0.2, 0.25) is 10.0 Å². The third kappa shape index (κ3) is 3.38. The van der Waals surface area contributed by atoms with Gasteiger partial charge in [-0.2, -0.15) is 5.10 Å². The van der Waals surface area contributed by atoms with Crippen molar-refractivity contribution < 1.29 is 8.42 Å². The van der Waals surface area contributed by atoms with Crippen LogP contribution in [0.25, 0.3) is 0 Å². The molecule has 0 radical (unpaired) electrons. The van der Waals surface area contributed by atoms with E-state index in [1.54, 1.807) is 16.0 Å². The van der Waals surface area contributed by atoms with E-state index >= 15 is 0 Å². The number of rotatable bonds is 6. The number of nitrogens with one attached hydrogen (secondary N) is 1. The van der Waals surface area contributed by atoms with Crippen molar-refractivity contribution in [3.8, 4) is 0 Å². The molecule has 0 atom stereocenters. The Kier molecular flexibility index (Phi) is 4.46. The lowest BCUT2D eigenvalue weighted by Gasteiger charge is -2.03. The van der Waals surface area contributed by atoms with E-state index in [0.29, 0.717) is 6.54 Å². The van der Waals surface area contributed by atoms with Gasteiger partial charge >= 0.3 is 0 Å². The quantitative estimate of drug-likeness (QED) is 0.849. The van der Waals surface area contributed by atoms with Crippen LogP contribution in [0, 0.1) is 6.92 Å². The number of sulfonamides is 1. The fourth-order valence-corrected chi connectivity index (χ4v) is 3.79. The van der Waals surface area contributed by atoms with Crippen molar-refractivity contribution in [2.24, 2.45) is 0 Å². The second kappa shape index (κ2) is 5.94. The zero-order valence-electron chi connectivity index (χ0n) is 11.5. The van der Waals surface area contributed by atoms with Gasteiger partial charge in [-0.15, -0.1) is 11.3 Å². The highest BCUT2D eigenvalue weighted by atomic mass is 32.2. The fraction of sp³-hybridized carbons (Fsp3) is 0.417. The highest BCUT2D eigenvalue weighted by Crippen LogP contribution is 2.19. The van der Waals surface area contributed by atoms with Crippen molar-refractivity contribution in [1.82, 2.24) is 14.5 Å². The Bertz CT molecular complexity index is 688. The van der Waals surface area contributed by atoms with Gasteiger partial charge in [-0.1, -0.05) is 6.92 Å². The molecule has 0 aliphatic heterocycles. The van der Waals surface area contributed by atoms with Crippen LogP contribution in [-0.4, -0.2) is 18.2 Å². The van der Waals surface area contributed by atoms with E-state index in [1.165, 1.54) is 6.20 Å². The standard InChI is InChI=1S/C12H18N4O2S2/c1-3-6-16-8-11(12(13)15-16)20(17,18)14-7-10-5-4-9(2)19-10/h4-5,8,14H,3,6-7H2,1-2H3,(H2,13,15). The zero-order valence-corrected chi connectivity index (χ0v) is 13.1. The maximum atomic E-state index is 12.2. The molecule has 2 rings (SSSR count). The van der Waals surface area contributed by atoms with E-state index in [0.717, 1.165) is 16.2 Å². The van der Waals surface area contributed by atoms with Gasteiger partial charge in [0.15, 0.2) is 5.82 Å². The second-order valence-electron chi connectivity index (χ2n) is 4.48. The highest BCUT2D eigenvalue weighted by Gasteiger charge is 2.20. The van der Waals surface area contributed by atoms with Crippen LogP contribution in [0.5, 0.6) is 0 Å². The summed E-state index contributed by atoms with van der Waals surface area (Å²) >= 11 is 1.56. The molecule has 0 fully saturated rings. The predicted molar refractivity (Wildman–Crippen MR) is 80.0 cm³/mol. The van der Waals surface area contributed by atoms with Gasteiger partial charge in [0.05, 0.1) is 0 Å². The van der Waals surface area contributed by atoms with Crippen molar-refractivity contribution in [1.29, 1.82) is 0 Å². The van der Waals surface area contributed by atoms with Crippen molar-refractivity contribution in [3.63, 3.8) is 0 Å². The van der Waals surface area contributed by atoms with Crippen LogP contribution in [-0.2, 0) is 23.1 Å². The molecule has 0 saturated heterocycles. The third-order valence-electron chi connectivity index (χ3n) is 2.73. The lowest BCUT2D eigenvalue weighted by atomic mass is 10.4. The third-order valence-corrected chi connectivity index (χ3v) is 5.15. The molecule has 0 spiro atoms. The molecule has 2 heterocycles. The zero-order chi connectivity index (χ0) is 14.8. The van der Waals surface area contributed by atoms with Gasteiger partial charge in [-0.05, 0) is 25.5 Å². The molecular weight excluding hydrogens is 296 g/mol. The molecule has 0 unspecified atom stereocenters. The molecule has 0 aliphatic rings. The van der Waals surface area contributed by atoms with Gasteiger partial charge in [-0.25, -0.2) is 13.1 Å². The summed E-state index contributed by atoms with van der Waals surface area (Å²) in [5.74, 6) is 0.0355. The first-order valence-corrected chi connectivity index (χ1v) is 8.60. The molecule has 0 aliphatic carbocycles. The Morgan fingerprint density at radius 2 is 2.20 bits per heavy atom. The van der Waals surface area contributed by atoms with E-state index < -0.39 is 10.0 Å². The van der Waals surface area contributed by atoms with Gasteiger partial charge in [-0.3, -0.25) is 4.68 Å². The maximum Gasteiger partial charge on any atom is 0.246 e. The number of aromatic nitrogens is 2. The van der Waals surface area contributed by atoms with E-state index in [-0.39, 0.29) is 17.3 Å². The Labute approximate surface area is 122 Å². The molecule has 20 heavy (non-hydrogen) atoms. The van der Waals surface area contributed by atoms with Crippen molar-refractivity contribution >= 4 is 27.2 Å². The molecule has 0 saturated carbocycles. The highest BCUT2D eigenvalue weighted by molar-refractivity contribution is 7.89. The lowest BCUT2D eigenvalue weighted by Crippen LogP contribution is -2.23. The summed E-state index contributed by atoms with van der Waals surface area (Å²) < 4.78 is 28.5. The first kappa shape index (κ1) is 15.0. The van der Waals surface area contributed by atoms with Crippen LogP contribution < -0.4 is 10.5 Å². The monoisotopic (exact) mass is 314 g/mol. The molecular formula is C12H18N4O2S2. The van der Waals surface area contributed by atoms with Crippen LogP contribution in [0.4, 0.5) is 5.82 Å². The molecule has 2 aromatic heterocycles. The number of aryl methyl sites for hydroxylation is 2. The Balaban J connectivity index is 2.13. The predicted octanol–water partition coefficient (Wildman–Crippen LogP) is 1.72. The number of nitrogens with zero attached hydrogens (tertiary/aromatic N) is 2. The molecule has 0 amide bonds. The average molecular weight is 314 g/mol. The molecule has 0 aromatic carbocycles. The Morgan fingerprint density at radius 3 is 2.80 bits per heavy atom. The Morgan fingerprint density at radius 1 is 1.45 bits per heavy atom. The van der Waals surface area contributed by atoms with Crippen molar-refractivity contribution in [2.45, 2.75) is 38.3 Å². The summed E-state index contributed by atoms with van der Waals surface area (Å²) in [7, 11) is -3.63. The topological polar surface area (TPSA) is 90.0 Å².